The largest absolute Gasteiger partial charge is 0.481 e. The number of hydrogen-bond acceptors (Lipinski definition) is 7. The van der Waals surface area contributed by atoms with E-state index >= 15 is 0 Å². The van der Waals surface area contributed by atoms with Crippen LogP contribution in [0.4, 0.5) is 5.69 Å². The molecule has 5 heterocycles. The Balaban J connectivity index is 1.20. The van der Waals surface area contributed by atoms with E-state index in [0.29, 0.717) is 23.2 Å². The van der Waals surface area contributed by atoms with Gasteiger partial charge in [-0.2, -0.15) is 5.10 Å². The minimum Gasteiger partial charge on any atom is -0.481 e. The Labute approximate surface area is 239 Å². The van der Waals surface area contributed by atoms with E-state index in [1.54, 1.807) is 23.6 Å². The number of nitrogens with one attached hydrogen (secondary N) is 1. The molecule has 1 saturated heterocycles. The Morgan fingerprint density at radius 2 is 2.02 bits per heavy atom. The van der Waals surface area contributed by atoms with Gasteiger partial charge in [-0.05, 0) is 68.2 Å². The molecule has 2 saturated carbocycles. The van der Waals surface area contributed by atoms with E-state index < -0.39 is 0 Å². The normalized spacial score (nSPS) is 21.5. The molecule has 0 radical (unpaired) electrons. The molecule has 2 aliphatic carbocycles. The van der Waals surface area contributed by atoms with Crippen LogP contribution in [-0.2, 0) is 11.3 Å². The smallest absolute Gasteiger partial charge is 0.267 e. The highest BCUT2D eigenvalue weighted by Crippen LogP contribution is 2.49. The standard InChI is InChI=1S/C30H28ClN5O3S/c31-19-9-23(28-25(10-19)39-16-27(38)36(28)20-12-30(33-14-20)5-1-6-30)22-4-7-32-24-11-21(40-29(22)24)15-35-26(37)8-18(13-34-35)17-2-3-17/h4,7-11,13,17,20,33H,1-3,5-6,12,14-16H2/t20-/m0/s1. The summed E-state index contributed by atoms with van der Waals surface area (Å²) in [7, 11) is 0. The predicted molar refractivity (Wildman–Crippen MR) is 156 cm³/mol. The minimum atomic E-state index is -0.0836. The molecule has 1 amide bonds. The fourth-order valence-corrected chi connectivity index (χ4v) is 7.92. The summed E-state index contributed by atoms with van der Waals surface area (Å²) in [6, 6.07) is 9.50. The fourth-order valence-electron chi connectivity index (χ4n) is 6.59. The van der Waals surface area contributed by atoms with Crippen molar-refractivity contribution in [2.75, 3.05) is 18.1 Å². The van der Waals surface area contributed by atoms with Crippen LogP contribution >= 0.6 is 22.9 Å². The van der Waals surface area contributed by atoms with Crippen LogP contribution in [0.5, 0.6) is 5.75 Å². The summed E-state index contributed by atoms with van der Waals surface area (Å²) in [5.74, 6) is 1.09. The first-order valence-electron chi connectivity index (χ1n) is 13.9. The molecule has 40 heavy (non-hydrogen) atoms. The Hall–Kier alpha value is -3.27. The van der Waals surface area contributed by atoms with Gasteiger partial charge in [-0.3, -0.25) is 14.6 Å². The number of halogens is 1. The van der Waals surface area contributed by atoms with Crippen molar-refractivity contribution in [3.8, 4) is 16.9 Å². The maximum absolute atomic E-state index is 13.4. The lowest BCUT2D eigenvalue weighted by Gasteiger charge is -2.40. The molecule has 10 heteroatoms. The summed E-state index contributed by atoms with van der Waals surface area (Å²) in [5.41, 5.74) is 4.52. The van der Waals surface area contributed by atoms with Crippen LogP contribution in [0.15, 0.2) is 47.5 Å². The average molecular weight is 574 g/mol. The first-order valence-corrected chi connectivity index (χ1v) is 15.1. The number of amides is 1. The number of pyridine rings is 1. The fraction of sp³-hybridized carbons (Fsp3) is 0.400. The van der Waals surface area contributed by atoms with E-state index in [-0.39, 0.29) is 29.7 Å². The molecule has 0 bridgehead atoms. The number of aromatic nitrogens is 3. The topological polar surface area (TPSA) is 89.3 Å². The van der Waals surface area contributed by atoms with Gasteiger partial charge >= 0.3 is 0 Å². The van der Waals surface area contributed by atoms with Gasteiger partial charge in [-0.1, -0.05) is 11.6 Å². The number of benzene rings is 1. The average Bonchev–Trinajstić information content (AvgIpc) is 3.53. The summed E-state index contributed by atoms with van der Waals surface area (Å²) < 4.78 is 8.43. The second-order valence-corrected chi connectivity index (χ2v) is 13.1. The van der Waals surface area contributed by atoms with Gasteiger partial charge in [0.2, 0.25) is 0 Å². The Bertz CT molecular complexity index is 1740. The van der Waals surface area contributed by atoms with Gasteiger partial charge in [-0.25, -0.2) is 4.68 Å². The van der Waals surface area contributed by atoms with Crippen molar-refractivity contribution in [2.45, 2.75) is 62.6 Å². The molecule has 8 rings (SSSR count). The molecule has 8 nitrogen and oxygen atoms in total. The van der Waals surface area contributed by atoms with Crippen LogP contribution in [0.3, 0.4) is 0 Å². The number of rotatable bonds is 5. The number of nitrogens with zero attached hydrogens (tertiary/aromatic N) is 4. The van der Waals surface area contributed by atoms with Crippen molar-refractivity contribution in [3.05, 3.63) is 68.5 Å². The van der Waals surface area contributed by atoms with Gasteiger partial charge < -0.3 is 15.0 Å². The summed E-state index contributed by atoms with van der Waals surface area (Å²) in [4.78, 5) is 33.7. The molecule has 4 aliphatic rings. The van der Waals surface area contributed by atoms with Crippen LogP contribution in [-0.4, -0.2) is 45.4 Å². The summed E-state index contributed by atoms with van der Waals surface area (Å²) in [6.07, 6.45) is 10.4. The van der Waals surface area contributed by atoms with Gasteiger partial charge in [0.05, 0.1) is 34.7 Å². The first-order chi connectivity index (χ1) is 19.5. The number of ether oxygens (including phenoxy) is 1. The van der Waals surface area contributed by atoms with Crippen molar-refractivity contribution in [1.29, 1.82) is 0 Å². The van der Waals surface area contributed by atoms with Crippen LogP contribution in [0.2, 0.25) is 5.02 Å². The summed E-state index contributed by atoms with van der Waals surface area (Å²) in [6.45, 7) is 1.15. The van der Waals surface area contributed by atoms with Gasteiger partial charge in [0.25, 0.3) is 11.5 Å². The van der Waals surface area contributed by atoms with E-state index in [1.807, 2.05) is 35.4 Å². The third-order valence-corrected chi connectivity index (χ3v) is 10.3. The number of fused-ring (bicyclic) bond motifs is 2. The molecule has 1 aromatic carbocycles. The highest BCUT2D eigenvalue weighted by Gasteiger charge is 2.47. The lowest BCUT2D eigenvalue weighted by Crippen LogP contribution is -2.47. The molecule has 4 aromatic rings. The first kappa shape index (κ1) is 24.5. The molecular weight excluding hydrogens is 546 g/mol. The van der Waals surface area contributed by atoms with Gasteiger partial charge in [-0.15, -0.1) is 11.3 Å². The molecule has 1 atom stereocenters. The zero-order valence-corrected chi connectivity index (χ0v) is 23.4. The monoisotopic (exact) mass is 573 g/mol. The van der Waals surface area contributed by atoms with E-state index in [2.05, 4.69) is 15.4 Å². The highest BCUT2D eigenvalue weighted by atomic mass is 35.5. The van der Waals surface area contributed by atoms with Gasteiger partial charge in [0, 0.05) is 51.4 Å². The number of carbonyl (C=O) groups excluding carboxylic acids is 1. The minimum absolute atomic E-state index is 0.00643. The second kappa shape index (κ2) is 9.12. The summed E-state index contributed by atoms with van der Waals surface area (Å²) in [5, 5.41) is 8.71. The van der Waals surface area contributed by atoms with Crippen molar-refractivity contribution >= 4 is 44.7 Å². The number of thiophene rings is 1. The Kier molecular flexibility index (Phi) is 5.59. The molecule has 204 valence electrons. The van der Waals surface area contributed by atoms with Crippen LogP contribution in [0, 0.1) is 0 Å². The lowest BCUT2D eigenvalue weighted by molar-refractivity contribution is -0.121. The van der Waals surface area contributed by atoms with Crippen molar-refractivity contribution in [1.82, 2.24) is 20.1 Å². The van der Waals surface area contributed by atoms with Gasteiger partial charge in [0.1, 0.15) is 5.75 Å². The number of anilines is 1. The maximum atomic E-state index is 13.4. The third kappa shape index (κ3) is 4.05. The molecular formula is C30H28ClN5O3S. The molecule has 2 aliphatic heterocycles. The maximum Gasteiger partial charge on any atom is 0.267 e. The lowest BCUT2D eigenvalue weighted by atomic mass is 9.75. The van der Waals surface area contributed by atoms with Crippen LogP contribution < -0.4 is 20.5 Å². The Morgan fingerprint density at radius 3 is 2.77 bits per heavy atom. The van der Waals surface area contributed by atoms with Crippen molar-refractivity contribution in [2.24, 2.45) is 0 Å². The van der Waals surface area contributed by atoms with Crippen LogP contribution in [0.25, 0.3) is 21.3 Å². The second-order valence-electron chi connectivity index (χ2n) is 11.6. The predicted octanol–water partition coefficient (Wildman–Crippen LogP) is 5.11. The molecule has 3 fully saturated rings. The quantitative estimate of drug-likeness (QED) is 0.357. The highest BCUT2D eigenvalue weighted by molar-refractivity contribution is 7.19. The number of hydrogen-bond donors (Lipinski definition) is 1. The van der Waals surface area contributed by atoms with E-state index in [1.165, 1.54) is 11.1 Å². The zero-order valence-electron chi connectivity index (χ0n) is 21.9. The Morgan fingerprint density at radius 1 is 1.15 bits per heavy atom. The van der Waals surface area contributed by atoms with Gasteiger partial charge in [0.15, 0.2) is 6.61 Å². The molecule has 3 aromatic heterocycles. The SMILES string of the molecule is O=C1COc2cc(Cl)cc(-c3ccnc4cc(Cn5ncc(C6CC6)cc5=O)sc34)c2N1[C@@H]1CNC2(CCC2)C1. The molecule has 1 N–H and O–H groups in total. The van der Waals surface area contributed by atoms with Crippen molar-refractivity contribution in [3.63, 3.8) is 0 Å². The third-order valence-electron chi connectivity index (χ3n) is 8.91. The van der Waals surface area contributed by atoms with E-state index in [0.717, 1.165) is 76.1 Å². The van der Waals surface area contributed by atoms with E-state index in [4.69, 9.17) is 16.3 Å². The molecule has 1 spiro atoms. The number of carbonyl (C=O) groups is 1. The van der Waals surface area contributed by atoms with Crippen LogP contribution in [0.1, 0.15) is 54.9 Å². The van der Waals surface area contributed by atoms with Crippen molar-refractivity contribution < 1.29 is 9.53 Å². The zero-order chi connectivity index (χ0) is 27.0. The molecule has 0 unspecified atom stereocenters. The van der Waals surface area contributed by atoms with E-state index in [9.17, 15) is 9.59 Å². The summed E-state index contributed by atoms with van der Waals surface area (Å²) >= 11 is 8.21.